The van der Waals surface area contributed by atoms with Crippen LogP contribution in [0.25, 0.3) is 0 Å². The van der Waals surface area contributed by atoms with Crippen LogP contribution in [0.4, 0.5) is 0 Å². The summed E-state index contributed by atoms with van der Waals surface area (Å²) in [6.45, 7) is 5.05. The van der Waals surface area contributed by atoms with Gasteiger partial charge in [-0.25, -0.2) is 0 Å². The van der Waals surface area contributed by atoms with Gasteiger partial charge in [-0.3, -0.25) is 9.78 Å². The zero-order chi connectivity index (χ0) is 17.9. The molecule has 0 unspecified atom stereocenters. The summed E-state index contributed by atoms with van der Waals surface area (Å²) >= 11 is 0. The van der Waals surface area contributed by atoms with E-state index in [4.69, 9.17) is 0 Å². The summed E-state index contributed by atoms with van der Waals surface area (Å²) in [6, 6.07) is 5.21. The Morgan fingerprint density at radius 2 is 2.08 bits per heavy atom. The van der Waals surface area contributed by atoms with Crippen molar-refractivity contribution >= 4 is 16.1 Å². The summed E-state index contributed by atoms with van der Waals surface area (Å²) in [7, 11) is -0.540. The van der Waals surface area contributed by atoms with Gasteiger partial charge < -0.3 is 4.90 Å². The fourth-order valence-corrected chi connectivity index (χ4v) is 3.74. The van der Waals surface area contributed by atoms with Crippen molar-refractivity contribution in [2.75, 3.05) is 27.2 Å². The minimum absolute atomic E-state index is 0.0223. The fraction of sp³-hybridized carbons (Fsp3) is 0.625. The Labute approximate surface area is 144 Å². The van der Waals surface area contributed by atoms with Crippen LogP contribution >= 0.6 is 0 Å². The molecular weight excluding hydrogens is 328 g/mol. The lowest BCUT2D eigenvalue weighted by Crippen LogP contribution is -2.46. The Hall–Kier alpha value is -1.51. The average Bonchev–Trinajstić information content (AvgIpc) is 2.91. The van der Waals surface area contributed by atoms with Crippen LogP contribution in [0.1, 0.15) is 19.5 Å². The van der Waals surface area contributed by atoms with Crippen molar-refractivity contribution in [3.05, 3.63) is 30.1 Å². The highest BCUT2D eigenvalue weighted by Gasteiger charge is 2.39. The van der Waals surface area contributed by atoms with Crippen LogP contribution in [0, 0.1) is 11.8 Å². The molecule has 0 saturated carbocycles. The first-order valence-corrected chi connectivity index (χ1v) is 9.52. The van der Waals surface area contributed by atoms with Gasteiger partial charge in [0.1, 0.15) is 0 Å². The van der Waals surface area contributed by atoms with Crippen molar-refractivity contribution in [3.63, 3.8) is 0 Å². The molecule has 0 radical (unpaired) electrons. The first kappa shape index (κ1) is 18.8. The third-order valence-electron chi connectivity index (χ3n) is 4.41. The van der Waals surface area contributed by atoms with Gasteiger partial charge in [0.25, 0.3) is 10.2 Å². The first-order valence-electron chi connectivity index (χ1n) is 8.08. The lowest BCUT2D eigenvalue weighted by atomic mass is 9.92. The Bertz CT molecular complexity index is 661. The van der Waals surface area contributed by atoms with E-state index in [2.05, 4.69) is 9.71 Å². The van der Waals surface area contributed by atoms with Crippen molar-refractivity contribution in [1.29, 1.82) is 0 Å². The van der Waals surface area contributed by atoms with Crippen LogP contribution < -0.4 is 4.72 Å². The maximum absolute atomic E-state index is 12.5. The first-order chi connectivity index (χ1) is 11.2. The van der Waals surface area contributed by atoms with E-state index in [0.717, 1.165) is 10.00 Å². The van der Waals surface area contributed by atoms with Gasteiger partial charge in [-0.15, -0.1) is 0 Å². The van der Waals surface area contributed by atoms with Crippen molar-refractivity contribution < 1.29 is 13.2 Å². The number of rotatable bonds is 6. The molecule has 134 valence electrons. The second-order valence-corrected chi connectivity index (χ2v) is 8.63. The van der Waals surface area contributed by atoms with E-state index in [1.165, 1.54) is 14.1 Å². The molecule has 0 aliphatic carbocycles. The molecule has 24 heavy (non-hydrogen) atoms. The summed E-state index contributed by atoms with van der Waals surface area (Å²) in [5.74, 6) is 0.339. The minimum atomic E-state index is -3.52. The number of carbonyl (C=O) groups is 1. The number of likely N-dealkylation sites (tertiary alicyclic amines) is 1. The molecule has 1 amide bonds. The maximum atomic E-state index is 12.5. The van der Waals surface area contributed by atoms with Crippen LogP contribution in [0.2, 0.25) is 0 Å². The van der Waals surface area contributed by atoms with E-state index in [1.807, 2.05) is 32.0 Å². The quantitative estimate of drug-likeness (QED) is 0.807. The lowest BCUT2D eigenvalue weighted by Gasteiger charge is -2.24. The predicted molar refractivity (Wildman–Crippen MR) is 92.4 cm³/mol. The average molecular weight is 354 g/mol. The molecular formula is C16H26N4O3S. The topological polar surface area (TPSA) is 82.6 Å². The standard InChI is InChI=1S/C16H26N4O3S/c1-12(2)14-10-20(11-15(14)18-24(22,23)19(3)4)16(21)9-13-7-5-6-8-17-13/h5-8,12,14-15,18H,9-11H2,1-4H3/t14-,15+/m0/s1. The molecule has 0 spiro atoms. The Morgan fingerprint density at radius 1 is 1.38 bits per heavy atom. The number of aromatic nitrogens is 1. The van der Waals surface area contributed by atoms with Crippen LogP contribution in [0.5, 0.6) is 0 Å². The van der Waals surface area contributed by atoms with Gasteiger partial charge >= 0.3 is 0 Å². The van der Waals surface area contributed by atoms with Crippen LogP contribution in [-0.2, 0) is 21.4 Å². The van der Waals surface area contributed by atoms with Crippen LogP contribution in [0.3, 0.4) is 0 Å². The number of nitrogens with zero attached hydrogens (tertiary/aromatic N) is 3. The smallest absolute Gasteiger partial charge is 0.279 e. The molecule has 7 nitrogen and oxygen atoms in total. The fourth-order valence-electron chi connectivity index (χ4n) is 2.90. The monoisotopic (exact) mass is 354 g/mol. The third kappa shape index (κ3) is 4.52. The van der Waals surface area contributed by atoms with Crippen molar-refractivity contribution in [2.45, 2.75) is 26.3 Å². The summed E-state index contributed by atoms with van der Waals surface area (Å²) < 4.78 is 28.1. The van der Waals surface area contributed by atoms with Gasteiger partial charge in [0.2, 0.25) is 5.91 Å². The van der Waals surface area contributed by atoms with E-state index in [9.17, 15) is 13.2 Å². The molecule has 1 N–H and O–H groups in total. The maximum Gasteiger partial charge on any atom is 0.279 e. The predicted octanol–water partition coefficient (Wildman–Crippen LogP) is 0.503. The van der Waals surface area contributed by atoms with E-state index in [1.54, 1.807) is 11.1 Å². The van der Waals surface area contributed by atoms with Crippen molar-refractivity contribution in [3.8, 4) is 0 Å². The minimum Gasteiger partial charge on any atom is -0.340 e. The van der Waals surface area contributed by atoms with E-state index >= 15 is 0 Å². The molecule has 1 aliphatic rings. The second-order valence-electron chi connectivity index (χ2n) is 6.72. The van der Waals surface area contributed by atoms with E-state index < -0.39 is 10.2 Å². The Balaban J connectivity index is 2.07. The number of carbonyl (C=O) groups excluding carboxylic acids is 1. The SMILES string of the molecule is CC(C)[C@@H]1CN(C(=O)Cc2ccccn2)C[C@H]1NS(=O)(=O)N(C)C. The van der Waals surface area contributed by atoms with Crippen LogP contribution in [0.15, 0.2) is 24.4 Å². The molecule has 2 rings (SSSR count). The molecule has 1 aromatic heterocycles. The summed E-state index contributed by atoms with van der Waals surface area (Å²) in [5, 5.41) is 0. The van der Waals surface area contributed by atoms with Crippen molar-refractivity contribution in [1.82, 2.24) is 18.9 Å². The van der Waals surface area contributed by atoms with Gasteiger partial charge in [-0.2, -0.15) is 17.4 Å². The third-order valence-corrected chi connectivity index (χ3v) is 5.98. The highest BCUT2D eigenvalue weighted by molar-refractivity contribution is 7.87. The van der Waals surface area contributed by atoms with Crippen molar-refractivity contribution in [2.24, 2.45) is 11.8 Å². The Kier molecular flexibility index (Phi) is 5.95. The van der Waals surface area contributed by atoms with Gasteiger partial charge in [-0.05, 0) is 24.0 Å². The largest absolute Gasteiger partial charge is 0.340 e. The normalized spacial score (nSPS) is 21.7. The van der Waals surface area contributed by atoms with Gasteiger partial charge in [0.15, 0.2) is 0 Å². The number of amides is 1. The highest BCUT2D eigenvalue weighted by atomic mass is 32.2. The zero-order valence-electron chi connectivity index (χ0n) is 14.6. The zero-order valence-corrected chi connectivity index (χ0v) is 15.5. The van der Waals surface area contributed by atoms with Gasteiger partial charge in [0.05, 0.1) is 6.42 Å². The van der Waals surface area contributed by atoms with Gasteiger partial charge in [-0.1, -0.05) is 19.9 Å². The highest BCUT2D eigenvalue weighted by Crippen LogP contribution is 2.25. The molecule has 1 saturated heterocycles. The molecule has 0 bridgehead atoms. The summed E-state index contributed by atoms with van der Waals surface area (Å²) in [6.07, 6.45) is 1.90. The molecule has 1 aromatic rings. The lowest BCUT2D eigenvalue weighted by molar-refractivity contribution is -0.129. The van der Waals surface area contributed by atoms with E-state index in [0.29, 0.717) is 13.1 Å². The Morgan fingerprint density at radius 3 is 2.62 bits per heavy atom. The number of pyridine rings is 1. The van der Waals surface area contributed by atoms with Gasteiger partial charge in [0, 0.05) is 45.1 Å². The molecule has 2 atom stereocenters. The summed E-state index contributed by atoms with van der Waals surface area (Å²) in [5.41, 5.74) is 0.723. The summed E-state index contributed by atoms with van der Waals surface area (Å²) in [4.78, 5) is 18.4. The molecule has 2 heterocycles. The number of hydrogen-bond donors (Lipinski definition) is 1. The van der Waals surface area contributed by atoms with Crippen LogP contribution in [-0.4, -0.2) is 61.7 Å². The molecule has 0 aromatic carbocycles. The molecule has 1 aliphatic heterocycles. The number of hydrogen-bond acceptors (Lipinski definition) is 4. The number of nitrogens with one attached hydrogen (secondary N) is 1. The molecule has 1 fully saturated rings. The molecule has 8 heteroatoms. The second kappa shape index (κ2) is 7.58. The van der Waals surface area contributed by atoms with E-state index in [-0.39, 0.29) is 30.2 Å².